The van der Waals surface area contributed by atoms with Crippen molar-refractivity contribution < 1.29 is 47.4 Å². The van der Waals surface area contributed by atoms with Crippen molar-refractivity contribution in [1.29, 1.82) is 0 Å². The molecule has 101 heavy (non-hydrogen) atoms. The van der Waals surface area contributed by atoms with Crippen LogP contribution in [0.3, 0.4) is 0 Å². The van der Waals surface area contributed by atoms with Crippen LogP contribution in [0.15, 0.2) is 175 Å². The van der Waals surface area contributed by atoms with Crippen LogP contribution in [-0.4, -0.2) is 120 Å². The summed E-state index contributed by atoms with van der Waals surface area (Å²) in [6.07, 6.45) is 13.7. The number of aryl methyl sites for hydroxylation is 1. The van der Waals surface area contributed by atoms with Crippen molar-refractivity contribution in [2.24, 2.45) is 0 Å². The van der Waals surface area contributed by atoms with Crippen LogP contribution in [0.1, 0.15) is 204 Å². The van der Waals surface area contributed by atoms with Crippen LogP contribution in [0.5, 0.6) is 5.75 Å². The Morgan fingerprint density at radius 1 is 0.396 bits per heavy atom. The highest BCUT2D eigenvalue weighted by Crippen LogP contribution is 2.24. The predicted molar refractivity (Wildman–Crippen MR) is 431 cm³/mol. The Labute approximate surface area is 620 Å². The summed E-state index contributed by atoms with van der Waals surface area (Å²) in [4.78, 5) is 7.35. The van der Waals surface area contributed by atoms with Crippen LogP contribution < -0.4 is 9.64 Å². The van der Waals surface area contributed by atoms with E-state index < -0.39 is 0 Å². The number of hydrogen-bond acceptors (Lipinski definition) is 13. The van der Waals surface area contributed by atoms with Crippen molar-refractivity contribution >= 4 is 17.0 Å². The van der Waals surface area contributed by atoms with Gasteiger partial charge in [-0.1, -0.05) is 129 Å². The van der Waals surface area contributed by atoms with E-state index in [4.69, 9.17) is 47.4 Å². The fourth-order valence-electron chi connectivity index (χ4n) is 8.63. The highest BCUT2D eigenvalue weighted by Gasteiger charge is 2.11. The van der Waals surface area contributed by atoms with Gasteiger partial charge in [-0.25, -0.2) is 0 Å². The summed E-state index contributed by atoms with van der Waals surface area (Å²) in [5.74, 6) is 0.946. The van der Waals surface area contributed by atoms with Crippen LogP contribution >= 0.6 is 11.3 Å². The van der Waals surface area contributed by atoms with E-state index in [1.54, 1.807) is 11.3 Å². The van der Waals surface area contributed by atoms with Crippen molar-refractivity contribution in [3.8, 4) is 16.9 Å². The van der Waals surface area contributed by atoms with Gasteiger partial charge < -0.3 is 52.3 Å². The summed E-state index contributed by atoms with van der Waals surface area (Å²) in [5, 5.41) is 2.07. The van der Waals surface area contributed by atoms with Gasteiger partial charge in [-0.2, -0.15) is 0 Å². The van der Waals surface area contributed by atoms with Gasteiger partial charge in [-0.3, -0.25) is 4.98 Å². The SMILES string of the molecule is CC(C)OC(C)(C)C.CC(C)OCCCc1ccccc1.CC(C)OCCc1ccc(N(C)C)cc1.CC(C)OCCc1ccncc1.CC(C)OCc1ccccc1-c1ccccc1.CC(C)OCc1cccs1.CCCCOc1ccc(COC(C)C)cc1.CCOCCCOC(C)C. The molecule has 0 unspecified atom stereocenters. The van der Waals surface area contributed by atoms with Gasteiger partial charge in [0.25, 0.3) is 0 Å². The molecule has 2 aromatic heterocycles. The molecule has 0 saturated carbocycles. The highest BCUT2D eigenvalue weighted by atomic mass is 32.1. The number of hydrogen-bond donors (Lipinski definition) is 0. The first kappa shape index (κ1) is 95.2. The number of unbranched alkanes of at least 4 members (excludes halogenated alkanes) is 1. The number of pyridine rings is 1. The second-order valence-electron chi connectivity index (χ2n) is 27.5. The topological polar surface area (TPSA) is 108 Å². The zero-order valence-corrected chi connectivity index (χ0v) is 68.1. The number of rotatable bonds is 35. The van der Waals surface area contributed by atoms with Crippen LogP contribution in [0.4, 0.5) is 5.69 Å². The number of aromatic nitrogens is 1. The van der Waals surface area contributed by atoms with Gasteiger partial charge in [0, 0.05) is 63.5 Å². The average molecular weight is 1420 g/mol. The summed E-state index contributed by atoms with van der Waals surface area (Å²) in [7, 11) is 4.10. The molecule has 0 radical (unpaired) electrons. The Balaban J connectivity index is 0.00000114. The molecular weight excluding hydrogens is 1280 g/mol. The lowest BCUT2D eigenvalue weighted by Gasteiger charge is -2.22. The molecular formula is C88H140N2O10S. The molecule has 0 spiro atoms. The smallest absolute Gasteiger partial charge is 0.119 e. The summed E-state index contributed by atoms with van der Waals surface area (Å²) in [6, 6.07) is 54.3. The van der Waals surface area contributed by atoms with Crippen LogP contribution in [-0.2, 0) is 81.7 Å². The molecule has 0 bridgehead atoms. The lowest BCUT2D eigenvalue weighted by atomic mass is 10.0. The van der Waals surface area contributed by atoms with E-state index >= 15 is 0 Å². The zero-order valence-electron chi connectivity index (χ0n) is 67.3. The maximum atomic E-state index is 5.69. The van der Waals surface area contributed by atoms with E-state index in [0.717, 1.165) is 97.1 Å². The van der Waals surface area contributed by atoms with Crippen molar-refractivity contribution in [2.75, 3.05) is 65.2 Å². The molecule has 2 heterocycles. The first-order valence-corrected chi connectivity index (χ1v) is 38.1. The van der Waals surface area contributed by atoms with Gasteiger partial charge in [-0.15, -0.1) is 11.3 Å². The molecule has 0 aliphatic rings. The van der Waals surface area contributed by atoms with E-state index in [0.29, 0.717) is 49.8 Å². The van der Waals surface area contributed by atoms with E-state index in [1.165, 1.54) is 55.9 Å². The highest BCUT2D eigenvalue weighted by molar-refractivity contribution is 7.09. The van der Waals surface area contributed by atoms with Crippen molar-refractivity contribution in [3.05, 3.63) is 208 Å². The van der Waals surface area contributed by atoms with Crippen molar-refractivity contribution in [1.82, 2.24) is 4.98 Å². The maximum Gasteiger partial charge on any atom is 0.119 e. The molecule has 12 nitrogen and oxygen atoms in total. The summed E-state index contributed by atoms with van der Waals surface area (Å²) in [5.41, 5.74) is 10.2. The quantitative estimate of drug-likeness (QED) is 0.0353. The van der Waals surface area contributed by atoms with Gasteiger partial charge in [0.1, 0.15) is 5.75 Å². The third kappa shape index (κ3) is 60.3. The first-order valence-electron chi connectivity index (χ1n) is 37.3. The molecule has 7 aromatic rings. The lowest BCUT2D eigenvalue weighted by Crippen LogP contribution is -2.23. The second-order valence-corrected chi connectivity index (χ2v) is 28.6. The Kier molecular flexibility index (Phi) is 58.1. The maximum absolute atomic E-state index is 5.69. The monoisotopic (exact) mass is 1420 g/mol. The van der Waals surface area contributed by atoms with Crippen molar-refractivity contribution in [3.63, 3.8) is 0 Å². The van der Waals surface area contributed by atoms with Gasteiger partial charge >= 0.3 is 0 Å². The number of anilines is 1. The van der Waals surface area contributed by atoms with E-state index in [9.17, 15) is 0 Å². The van der Waals surface area contributed by atoms with Crippen LogP contribution in [0.25, 0.3) is 11.1 Å². The Morgan fingerprint density at radius 2 is 0.861 bits per heavy atom. The molecule has 0 amide bonds. The Morgan fingerprint density at radius 3 is 1.34 bits per heavy atom. The minimum atomic E-state index is 0.0220. The van der Waals surface area contributed by atoms with Crippen LogP contribution in [0, 0.1) is 0 Å². The molecule has 13 heteroatoms. The zero-order chi connectivity index (χ0) is 75.5. The second kappa shape index (κ2) is 61.6. The first-order chi connectivity index (χ1) is 48.1. The lowest BCUT2D eigenvalue weighted by molar-refractivity contribution is -0.0424. The van der Waals surface area contributed by atoms with Crippen molar-refractivity contribution in [2.45, 2.75) is 265 Å². The fourth-order valence-corrected chi connectivity index (χ4v) is 9.26. The molecule has 0 aliphatic carbocycles. The van der Waals surface area contributed by atoms with Crippen LogP contribution in [0.2, 0.25) is 0 Å². The predicted octanol–water partition coefficient (Wildman–Crippen LogP) is 22.6. The summed E-state index contributed by atoms with van der Waals surface area (Å²) < 4.78 is 54.5. The molecule has 568 valence electrons. The summed E-state index contributed by atoms with van der Waals surface area (Å²) >= 11 is 1.74. The van der Waals surface area contributed by atoms with E-state index in [-0.39, 0.29) is 17.8 Å². The van der Waals surface area contributed by atoms with E-state index in [2.05, 4.69) is 214 Å². The van der Waals surface area contributed by atoms with Gasteiger partial charge in [0.2, 0.25) is 0 Å². The van der Waals surface area contributed by atoms with Gasteiger partial charge in [0.05, 0.1) is 94.1 Å². The van der Waals surface area contributed by atoms with Gasteiger partial charge in [-0.05, 0) is 264 Å². The Bertz CT molecular complexity index is 2860. The number of thiophene rings is 1. The molecule has 0 atom stereocenters. The standard InChI is InChI=1S/C16H18O.C14H22O2.C13H21NO.C12H18O.C10H15NO.C8H18O2.C8H12OS.C7H16O/c1-13(2)17-12-15-10-6-7-11-16(15)14-8-4-3-5-9-14;1-4-5-10-15-14-8-6-13(7-9-14)11-16-12(2)3;1-11(2)15-10-9-12-5-7-13(8-6-12)14(3)4;1-11(2)13-10-6-9-12-7-4-3-5-8-12;1-9(2)12-8-5-10-3-6-11-7-4-10;1-4-9-6-5-7-10-8(2)3;1-7(2)9-6-8-4-3-5-10-8;1-6(2)8-7(3,4)5/h3-11,13H,12H2,1-2H3;6-9,12H,4-5,10-11H2,1-3H3;5-8,11H,9-10H2,1-4H3;3-5,7-8,11H,6,9-10H2,1-2H3;3-4,6-7,9H,5,8H2,1-2H3;8H,4-7H2,1-3H3;3-5,7H,6H2,1-2H3;6H,1-5H3. The fraction of sp³-hybridized carbons (Fsp3) is 0.557. The molecule has 0 saturated heterocycles. The normalized spacial score (nSPS) is 10.9. The number of ether oxygens (including phenoxy) is 10. The Hall–Kier alpha value is -5.81. The number of nitrogens with zero attached hydrogens (tertiary/aromatic N) is 2. The molecule has 5 aromatic carbocycles. The minimum absolute atomic E-state index is 0.0220. The number of benzene rings is 5. The average Bonchev–Trinajstić information content (AvgIpc) is 1.46. The third-order valence-corrected chi connectivity index (χ3v) is 14.4. The van der Waals surface area contributed by atoms with Gasteiger partial charge in [0.15, 0.2) is 0 Å². The van der Waals surface area contributed by atoms with E-state index in [1.807, 2.05) is 131 Å². The molecule has 7 rings (SSSR count). The minimum Gasteiger partial charge on any atom is -0.494 e. The molecule has 0 fully saturated rings. The largest absolute Gasteiger partial charge is 0.494 e. The molecule has 0 N–H and O–H groups in total. The molecule has 0 aliphatic heterocycles. The summed E-state index contributed by atoms with van der Waals surface area (Å²) in [6.45, 7) is 51.0. The third-order valence-electron chi connectivity index (χ3n) is 13.6.